The Bertz CT molecular complexity index is 625. The Morgan fingerprint density at radius 2 is 1.86 bits per heavy atom. The number of anilines is 1. The van der Waals surface area contributed by atoms with Crippen LogP contribution in [0.2, 0.25) is 0 Å². The summed E-state index contributed by atoms with van der Waals surface area (Å²) in [5.41, 5.74) is 1.81. The van der Waals surface area contributed by atoms with Crippen molar-refractivity contribution in [2.45, 2.75) is 20.8 Å². The molecule has 0 bridgehead atoms. The Morgan fingerprint density at radius 1 is 1.14 bits per heavy atom. The second kappa shape index (κ2) is 6.31. The summed E-state index contributed by atoms with van der Waals surface area (Å²) in [6.45, 7) is 6.44. The van der Waals surface area contributed by atoms with Crippen molar-refractivity contribution in [1.82, 2.24) is 9.97 Å². The molecule has 0 saturated heterocycles. The highest BCUT2D eigenvalue weighted by Gasteiger charge is 2.07. The monoisotopic (exact) mass is 281 g/mol. The quantitative estimate of drug-likeness (QED) is 0.931. The molecule has 21 heavy (non-hydrogen) atoms. The average molecular weight is 281 g/mol. The molecule has 0 aliphatic rings. The van der Waals surface area contributed by atoms with Crippen molar-refractivity contribution < 1.29 is 4.79 Å². The van der Waals surface area contributed by atoms with Crippen molar-refractivity contribution in [3.63, 3.8) is 0 Å². The highest BCUT2D eigenvalue weighted by Crippen LogP contribution is 2.17. The largest absolute Gasteiger partial charge is 0.306 e. The van der Waals surface area contributed by atoms with E-state index in [0.29, 0.717) is 11.4 Å². The van der Waals surface area contributed by atoms with E-state index in [-0.39, 0.29) is 11.3 Å². The zero-order chi connectivity index (χ0) is 15.3. The minimum atomic E-state index is -0.181. The number of aromatic nitrogens is 2. The number of amides is 1. The SMILES string of the molecule is CC(C)(C)C=Cc1ccc(C(=O)Nc2ccncn2)cc1. The first-order valence-electron chi connectivity index (χ1n) is 6.81. The summed E-state index contributed by atoms with van der Waals surface area (Å²) in [7, 11) is 0. The lowest BCUT2D eigenvalue weighted by Gasteiger charge is -2.11. The van der Waals surface area contributed by atoms with Gasteiger partial charge in [0.15, 0.2) is 0 Å². The molecule has 0 spiro atoms. The maximum Gasteiger partial charge on any atom is 0.256 e. The molecule has 2 rings (SSSR count). The Morgan fingerprint density at radius 3 is 2.43 bits per heavy atom. The van der Waals surface area contributed by atoms with Gasteiger partial charge in [-0.1, -0.05) is 45.1 Å². The second-order valence-electron chi connectivity index (χ2n) is 5.87. The van der Waals surface area contributed by atoms with E-state index in [1.54, 1.807) is 24.4 Å². The summed E-state index contributed by atoms with van der Waals surface area (Å²) < 4.78 is 0. The van der Waals surface area contributed by atoms with Gasteiger partial charge in [0.1, 0.15) is 12.1 Å². The molecule has 0 radical (unpaired) electrons. The van der Waals surface area contributed by atoms with Gasteiger partial charge in [-0.05, 0) is 29.2 Å². The molecule has 4 nitrogen and oxygen atoms in total. The molecule has 0 aliphatic carbocycles. The van der Waals surface area contributed by atoms with Gasteiger partial charge in [-0.2, -0.15) is 0 Å². The molecule has 4 heteroatoms. The van der Waals surface area contributed by atoms with Crippen molar-refractivity contribution in [2.24, 2.45) is 5.41 Å². The zero-order valence-corrected chi connectivity index (χ0v) is 12.5. The fourth-order valence-electron chi connectivity index (χ4n) is 1.64. The van der Waals surface area contributed by atoms with Crippen molar-refractivity contribution >= 4 is 17.8 Å². The molecule has 1 aromatic heterocycles. The Kier molecular flexibility index (Phi) is 4.48. The number of allylic oxidation sites excluding steroid dienone is 1. The van der Waals surface area contributed by atoms with Gasteiger partial charge < -0.3 is 5.32 Å². The standard InChI is InChI=1S/C17H19N3O/c1-17(2,3)10-8-13-4-6-14(7-5-13)16(21)20-15-9-11-18-12-19-15/h4-12H,1-3H3,(H,18,19,20,21). The minimum absolute atomic E-state index is 0.142. The zero-order valence-electron chi connectivity index (χ0n) is 12.5. The van der Waals surface area contributed by atoms with Crippen LogP contribution in [0.15, 0.2) is 48.9 Å². The van der Waals surface area contributed by atoms with E-state index in [1.165, 1.54) is 6.33 Å². The molecule has 0 atom stereocenters. The minimum Gasteiger partial charge on any atom is -0.306 e. The molecule has 0 saturated carbocycles. The van der Waals surface area contributed by atoms with Gasteiger partial charge in [-0.15, -0.1) is 0 Å². The normalized spacial score (nSPS) is 11.6. The van der Waals surface area contributed by atoms with E-state index >= 15 is 0 Å². The number of benzene rings is 1. The first-order valence-corrected chi connectivity index (χ1v) is 6.81. The first kappa shape index (κ1) is 14.9. The second-order valence-corrected chi connectivity index (χ2v) is 5.87. The summed E-state index contributed by atoms with van der Waals surface area (Å²) in [6, 6.07) is 9.12. The van der Waals surface area contributed by atoms with Crippen LogP contribution in [-0.4, -0.2) is 15.9 Å². The predicted molar refractivity (Wildman–Crippen MR) is 84.9 cm³/mol. The van der Waals surface area contributed by atoms with E-state index in [9.17, 15) is 4.79 Å². The van der Waals surface area contributed by atoms with Gasteiger partial charge >= 0.3 is 0 Å². The van der Waals surface area contributed by atoms with E-state index in [0.717, 1.165) is 5.56 Å². The number of hydrogen-bond donors (Lipinski definition) is 1. The summed E-state index contributed by atoms with van der Waals surface area (Å²) in [5.74, 6) is 0.312. The van der Waals surface area contributed by atoms with Gasteiger partial charge in [-0.3, -0.25) is 4.79 Å². The lowest BCUT2D eigenvalue weighted by atomic mass is 9.95. The topological polar surface area (TPSA) is 54.9 Å². The molecule has 0 aliphatic heterocycles. The van der Waals surface area contributed by atoms with E-state index in [1.807, 2.05) is 12.1 Å². The fraction of sp³-hybridized carbons (Fsp3) is 0.235. The van der Waals surface area contributed by atoms with E-state index < -0.39 is 0 Å². The van der Waals surface area contributed by atoms with Crippen molar-refractivity contribution in [2.75, 3.05) is 5.32 Å². The highest BCUT2D eigenvalue weighted by molar-refractivity contribution is 6.03. The Labute approximate surface area is 125 Å². The van der Waals surface area contributed by atoms with Crippen LogP contribution in [0.5, 0.6) is 0 Å². The highest BCUT2D eigenvalue weighted by atomic mass is 16.1. The third-order valence-electron chi connectivity index (χ3n) is 2.77. The summed E-state index contributed by atoms with van der Waals surface area (Å²) in [5, 5.41) is 2.73. The van der Waals surface area contributed by atoms with Crippen LogP contribution in [0, 0.1) is 5.41 Å². The van der Waals surface area contributed by atoms with Crippen LogP contribution < -0.4 is 5.32 Å². The molecule has 0 unspecified atom stereocenters. The van der Waals surface area contributed by atoms with E-state index in [2.05, 4.69) is 48.2 Å². The molecular formula is C17H19N3O. The van der Waals surface area contributed by atoms with Crippen molar-refractivity contribution in [1.29, 1.82) is 0 Å². The smallest absolute Gasteiger partial charge is 0.256 e. The maximum atomic E-state index is 12.1. The molecule has 1 amide bonds. The predicted octanol–water partition coefficient (Wildman–Crippen LogP) is 3.79. The molecule has 1 aromatic carbocycles. The first-order chi connectivity index (χ1) is 9.94. The molecule has 2 aromatic rings. The summed E-state index contributed by atoms with van der Waals surface area (Å²) in [4.78, 5) is 19.8. The van der Waals surface area contributed by atoms with Crippen molar-refractivity contribution in [3.8, 4) is 0 Å². The lowest BCUT2D eigenvalue weighted by Crippen LogP contribution is -2.12. The van der Waals surface area contributed by atoms with Gasteiger partial charge in [-0.25, -0.2) is 9.97 Å². The maximum absolute atomic E-state index is 12.1. The Balaban J connectivity index is 2.05. The fourth-order valence-corrected chi connectivity index (χ4v) is 1.64. The third kappa shape index (κ3) is 4.84. The number of nitrogens with zero attached hydrogens (tertiary/aromatic N) is 2. The Hall–Kier alpha value is -2.49. The van der Waals surface area contributed by atoms with Crippen LogP contribution >= 0.6 is 0 Å². The van der Waals surface area contributed by atoms with Gasteiger partial charge in [0.25, 0.3) is 5.91 Å². The number of nitrogens with one attached hydrogen (secondary N) is 1. The van der Waals surface area contributed by atoms with Crippen molar-refractivity contribution in [3.05, 3.63) is 60.1 Å². The number of carbonyl (C=O) groups is 1. The number of rotatable bonds is 3. The third-order valence-corrected chi connectivity index (χ3v) is 2.77. The van der Waals surface area contributed by atoms with Gasteiger partial charge in [0, 0.05) is 11.8 Å². The van der Waals surface area contributed by atoms with E-state index in [4.69, 9.17) is 0 Å². The number of carbonyl (C=O) groups excluding carboxylic acids is 1. The van der Waals surface area contributed by atoms with Crippen LogP contribution in [0.3, 0.4) is 0 Å². The van der Waals surface area contributed by atoms with Crippen LogP contribution in [0.1, 0.15) is 36.7 Å². The number of hydrogen-bond acceptors (Lipinski definition) is 3. The molecule has 0 fully saturated rings. The van der Waals surface area contributed by atoms with Gasteiger partial charge in [0.05, 0.1) is 0 Å². The molecule has 1 heterocycles. The molecule has 108 valence electrons. The van der Waals surface area contributed by atoms with Crippen LogP contribution in [-0.2, 0) is 0 Å². The molecule has 1 N–H and O–H groups in total. The van der Waals surface area contributed by atoms with Crippen LogP contribution in [0.25, 0.3) is 6.08 Å². The summed E-state index contributed by atoms with van der Waals surface area (Å²) >= 11 is 0. The summed E-state index contributed by atoms with van der Waals surface area (Å²) in [6.07, 6.45) is 7.19. The van der Waals surface area contributed by atoms with Gasteiger partial charge in [0.2, 0.25) is 0 Å². The average Bonchev–Trinajstić information content (AvgIpc) is 2.46. The van der Waals surface area contributed by atoms with Crippen LogP contribution in [0.4, 0.5) is 5.82 Å². The molecular weight excluding hydrogens is 262 g/mol. The lowest BCUT2D eigenvalue weighted by molar-refractivity contribution is 0.102.